The molecular formula is C10H8F5NO2S. The topological polar surface area (TPSA) is 47.0 Å². The van der Waals surface area contributed by atoms with Gasteiger partial charge in [-0.2, -0.15) is 22.0 Å². The van der Waals surface area contributed by atoms with Crippen LogP contribution in [0.2, 0.25) is 0 Å². The fraction of sp³-hybridized carbons (Fsp3) is 0.300. The standard InChI is InChI=1S/C10H8F5NO2S/c11-8(12)2-1-5-19(17,18)9-4-3-7(6-16-9)10(13,14)15/h2-4,6H,1,5H2. The van der Waals surface area contributed by atoms with Crippen LogP contribution in [-0.2, 0) is 16.0 Å². The molecule has 0 unspecified atom stereocenters. The molecule has 0 aromatic carbocycles. The van der Waals surface area contributed by atoms with Gasteiger partial charge in [0.1, 0.15) is 0 Å². The van der Waals surface area contributed by atoms with E-state index in [9.17, 15) is 30.4 Å². The van der Waals surface area contributed by atoms with Crippen molar-refractivity contribution in [3.05, 3.63) is 36.0 Å². The number of hydrogen-bond acceptors (Lipinski definition) is 3. The summed E-state index contributed by atoms with van der Waals surface area (Å²) >= 11 is 0. The van der Waals surface area contributed by atoms with E-state index in [0.29, 0.717) is 24.4 Å². The fourth-order valence-corrected chi connectivity index (χ4v) is 2.29. The van der Waals surface area contributed by atoms with Crippen LogP contribution in [0.25, 0.3) is 0 Å². The number of aromatic nitrogens is 1. The summed E-state index contributed by atoms with van der Waals surface area (Å²) in [6.07, 6.45) is -6.27. The Morgan fingerprint density at radius 1 is 1.26 bits per heavy atom. The van der Waals surface area contributed by atoms with E-state index >= 15 is 0 Å². The first-order valence-electron chi connectivity index (χ1n) is 4.90. The van der Waals surface area contributed by atoms with Crippen molar-refractivity contribution in [1.29, 1.82) is 0 Å². The Labute approximate surface area is 105 Å². The summed E-state index contributed by atoms with van der Waals surface area (Å²) in [6.45, 7) is 0. The van der Waals surface area contributed by atoms with Crippen molar-refractivity contribution < 1.29 is 30.4 Å². The summed E-state index contributed by atoms with van der Waals surface area (Å²) in [7, 11) is -3.97. The average molecular weight is 301 g/mol. The van der Waals surface area contributed by atoms with Crippen LogP contribution in [0.3, 0.4) is 0 Å². The molecule has 1 aromatic heterocycles. The number of hydrogen-bond donors (Lipinski definition) is 0. The van der Waals surface area contributed by atoms with Crippen LogP contribution in [0.4, 0.5) is 22.0 Å². The van der Waals surface area contributed by atoms with Crippen LogP contribution in [0, 0.1) is 0 Å². The van der Waals surface area contributed by atoms with E-state index in [0.717, 1.165) is 0 Å². The van der Waals surface area contributed by atoms with Crippen molar-refractivity contribution >= 4 is 9.84 Å². The van der Waals surface area contributed by atoms with Crippen LogP contribution in [0.5, 0.6) is 0 Å². The highest BCUT2D eigenvalue weighted by atomic mass is 32.2. The van der Waals surface area contributed by atoms with Gasteiger partial charge in [0.2, 0.25) is 0 Å². The molecule has 1 aromatic rings. The van der Waals surface area contributed by atoms with Gasteiger partial charge >= 0.3 is 6.18 Å². The number of allylic oxidation sites excluding steroid dienone is 1. The lowest BCUT2D eigenvalue weighted by molar-refractivity contribution is -0.137. The number of alkyl halides is 3. The highest BCUT2D eigenvalue weighted by Gasteiger charge is 2.31. The van der Waals surface area contributed by atoms with Gasteiger partial charge in [-0.05, 0) is 24.6 Å². The lowest BCUT2D eigenvalue weighted by Crippen LogP contribution is -2.11. The summed E-state index contributed by atoms with van der Waals surface area (Å²) in [4.78, 5) is 3.20. The normalized spacial score (nSPS) is 12.3. The van der Waals surface area contributed by atoms with Crippen molar-refractivity contribution in [3.8, 4) is 0 Å². The molecular weight excluding hydrogens is 293 g/mol. The van der Waals surface area contributed by atoms with Crippen molar-refractivity contribution in [2.45, 2.75) is 17.6 Å². The number of nitrogens with zero attached hydrogens (tertiary/aromatic N) is 1. The molecule has 9 heteroatoms. The Hall–Kier alpha value is -1.51. The molecule has 1 rings (SSSR count). The lowest BCUT2D eigenvalue weighted by Gasteiger charge is -2.07. The third-order valence-corrected chi connectivity index (χ3v) is 3.72. The van der Waals surface area contributed by atoms with E-state index in [1.165, 1.54) is 0 Å². The number of pyridine rings is 1. The maximum Gasteiger partial charge on any atom is 0.417 e. The van der Waals surface area contributed by atoms with Gasteiger partial charge < -0.3 is 0 Å². The smallest absolute Gasteiger partial charge is 0.244 e. The monoisotopic (exact) mass is 301 g/mol. The molecule has 0 fully saturated rings. The largest absolute Gasteiger partial charge is 0.417 e. The molecule has 0 aliphatic heterocycles. The first-order valence-corrected chi connectivity index (χ1v) is 6.55. The Morgan fingerprint density at radius 2 is 1.89 bits per heavy atom. The van der Waals surface area contributed by atoms with Gasteiger partial charge in [0.15, 0.2) is 14.9 Å². The van der Waals surface area contributed by atoms with E-state index < -0.39 is 44.9 Å². The summed E-state index contributed by atoms with van der Waals surface area (Å²) in [6, 6.07) is 1.28. The maximum absolute atomic E-state index is 12.2. The van der Waals surface area contributed by atoms with Crippen molar-refractivity contribution in [2.24, 2.45) is 0 Å². The van der Waals surface area contributed by atoms with Gasteiger partial charge in [-0.15, -0.1) is 0 Å². The second-order valence-corrected chi connectivity index (χ2v) is 5.54. The molecule has 0 bridgehead atoms. The Morgan fingerprint density at radius 3 is 2.32 bits per heavy atom. The first kappa shape index (κ1) is 15.5. The predicted molar refractivity (Wildman–Crippen MR) is 56.2 cm³/mol. The minimum absolute atomic E-state index is 0.387. The van der Waals surface area contributed by atoms with E-state index in [2.05, 4.69) is 4.98 Å². The van der Waals surface area contributed by atoms with Gasteiger partial charge in [-0.3, -0.25) is 0 Å². The molecule has 1 heterocycles. The zero-order chi connectivity index (χ0) is 14.7. The average Bonchev–Trinajstić information content (AvgIpc) is 2.27. The van der Waals surface area contributed by atoms with Crippen molar-refractivity contribution in [1.82, 2.24) is 4.98 Å². The second kappa shape index (κ2) is 5.64. The van der Waals surface area contributed by atoms with Crippen molar-refractivity contribution in [2.75, 3.05) is 5.75 Å². The molecule has 0 radical (unpaired) electrons. The number of halogens is 5. The third kappa shape index (κ3) is 4.58. The van der Waals surface area contributed by atoms with E-state index in [-0.39, 0.29) is 0 Å². The molecule has 0 aliphatic rings. The van der Waals surface area contributed by atoms with Crippen LogP contribution < -0.4 is 0 Å². The SMILES string of the molecule is O=S(=O)(CCC=C(F)F)c1ccc(C(F)(F)F)cn1. The Balaban J connectivity index is 2.88. The molecule has 0 amide bonds. The molecule has 0 spiro atoms. The summed E-state index contributed by atoms with van der Waals surface area (Å²) in [5.41, 5.74) is -1.08. The molecule has 3 nitrogen and oxygen atoms in total. The first-order chi connectivity index (χ1) is 8.63. The fourth-order valence-electron chi connectivity index (χ4n) is 1.16. The van der Waals surface area contributed by atoms with Crippen molar-refractivity contribution in [3.63, 3.8) is 0 Å². The lowest BCUT2D eigenvalue weighted by atomic mass is 10.3. The Kier molecular flexibility index (Phi) is 4.61. The zero-order valence-corrected chi connectivity index (χ0v) is 10.1. The second-order valence-electron chi connectivity index (χ2n) is 3.48. The van der Waals surface area contributed by atoms with Gasteiger partial charge in [0.25, 0.3) is 6.08 Å². The van der Waals surface area contributed by atoms with E-state index in [4.69, 9.17) is 0 Å². The van der Waals surface area contributed by atoms with E-state index in [1.807, 2.05) is 0 Å². The van der Waals surface area contributed by atoms with Crippen LogP contribution >= 0.6 is 0 Å². The highest BCUT2D eigenvalue weighted by Crippen LogP contribution is 2.28. The number of sulfone groups is 1. The van der Waals surface area contributed by atoms with Crippen LogP contribution in [0.15, 0.2) is 35.5 Å². The summed E-state index contributed by atoms with van der Waals surface area (Å²) in [5.74, 6) is -0.650. The van der Waals surface area contributed by atoms with Gasteiger partial charge in [-0.25, -0.2) is 13.4 Å². The zero-order valence-electron chi connectivity index (χ0n) is 9.29. The molecule has 0 saturated carbocycles. The molecule has 106 valence electrons. The van der Waals surface area contributed by atoms with Crippen LogP contribution in [0.1, 0.15) is 12.0 Å². The molecule has 0 N–H and O–H groups in total. The maximum atomic E-state index is 12.2. The van der Waals surface area contributed by atoms with Gasteiger partial charge in [-0.1, -0.05) is 0 Å². The molecule has 0 aliphatic carbocycles. The third-order valence-electron chi connectivity index (χ3n) is 2.07. The van der Waals surface area contributed by atoms with Crippen LogP contribution in [-0.4, -0.2) is 19.2 Å². The quantitative estimate of drug-likeness (QED) is 0.803. The number of rotatable bonds is 4. The minimum atomic E-state index is -4.62. The minimum Gasteiger partial charge on any atom is -0.244 e. The molecule has 0 saturated heterocycles. The van der Waals surface area contributed by atoms with Gasteiger partial charge in [0.05, 0.1) is 11.3 Å². The van der Waals surface area contributed by atoms with E-state index in [1.54, 1.807) is 0 Å². The highest BCUT2D eigenvalue weighted by molar-refractivity contribution is 7.91. The predicted octanol–water partition coefficient (Wildman–Crippen LogP) is 3.04. The summed E-state index contributed by atoms with van der Waals surface area (Å²) < 4.78 is 83.2. The molecule has 0 atom stereocenters. The Bertz CT molecular complexity index is 559. The molecule has 19 heavy (non-hydrogen) atoms. The van der Waals surface area contributed by atoms with Gasteiger partial charge in [0, 0.05) is 6.20 Å². The summed E-state index contributed by atoms with van der Waals surface area (Å²) in [5, 5.41) is -0.576.